The Kier molecular flexibility index (Phi) is 8.04. The largest absolute Gasteiger partial charge is 0.436 e. The molecule has 1 aliphatic rings. The molecule has 0 radical (unpaired) electrons. The summed E-state index contributed by atoms with van der Waals surface area (Å²) in [5.41, 5.74) is 6.17. The quantitative estimate of drug-likeness (QED) is 0.281. The molecule has 4 aromatic rings. The summed E-state index contributed by atoms with van der Waals surface area (Å²) in [4.78, 5) is 19.8. The van der Waals surface area contributed by atoms with Crippen LogP contribution < -0.4 is 5.32 Å². The molecule has 1 saturated heterocycles. The van der Waals surface area contributed by atoms with Crippen molar-refractivity contribution in [2.24, 2.45) is 5.92 Å². The number of nitrogens with zero attached hydrogens (tertiary/aromatic N) is 3. The number of carbonyl (C=O) groups excluding carboxylic acids is 1. The lowest BCUT2D eigenvalue weighted by Gasteiger charge is -2.32. The second kappa shape index (κ2) is 11.8. The molecule has 0 bridgehead atoms. The first-order valence-corrected chi connectivity index (χ1v) is 13.5. The third-order valence-corrected chi connectivity index (χ3v) is 7.51. The molecule has 0 spiro atoms. The maximum Gasteiger partial charge on any atom is 0.251 e. The number of nitriles is 1. The van der Waals surface area contributed by atoms with Gasteiger partial charge in [0.25, 0.3) is 5.91 Å². The molecule has 3 aromatic carbocycles. The number of rotatable bonds is 8. The number of hydrogen-bond donors (Lipinski definition) is 1. The van der Waals surface area contributed by atoms with E-state index in [0.29, 0.717) is 46.1 Å². The number of hydrogen-bond acceptors (Lipinski definition) is 5. The molecule has 1 aliphatic heterocycles. The van der Waals surface area contributed by atoms with Gasteiger partial charge in [-0.05, 0) is 85.3 Å². The Morgan fingerprint density at radius 3 is 2.44 bits per heavy atom. The van der Waals surface area contributed by atoms with Crippen LogP contribution in [0.5, 0.6) is 0 Å². The number of piperidine rings is 1. The molecule has 1 fully saturated rings. The van der Waals surface area contributed by atoms with Crippen molar-refractivity contribution in [1.29, 1.82) is 5.26 Å². The minimum Gasteiger partial charge on any atom is -0.436 e. The van der Waals surface area contributed by atoms with E-state index >= 15 is 0 Å². The summed E-state index contributed by atoms with van der Waals surface area (Å²) >= 11 is 0. The van der Waals surface area contributed by atoms with Gasteiger partial charge in [-0.15, -0.1) is 0 Å². The maximum atomic E-state index is 12.8. The first-order chi connectivity index (χ1) is 18.9. The van der Waals surface area contributed by atoms with Crippen LogP contribution >= 0.6 is 0 Å². The predicted molar refractivity (Wildman–Crippen MR) is 150 cm³/mol. The monoisotopic (exact) mass is 524 g/mol. The third kappa shape index (κ3) is 6.18. The Balaban J connectivity index is 1.15. The zero-order chi connectivity index (χ0) is 27.4. The predicted octanol–water partition coefficient (Wildman–Crippen LogP) is 6.60. The van der Waals surface area contributed by atoms with Gasteiger partial charge in [-0.25, -0.2) is 9.37 Å². The summed E-state index contributed by atoms with van der Waals surface area (Å²) in [6, 6.07) is 20.8. The van der Waals surface area contributed by atoms with E-state index in [0.717, 1.165) is 43.6 Å². The molecule has 1 N–H and O–H groups in total. The number of nitrogens with one attached hydrogen (secondary N) is 1. The molecule has 0 atom stereocenters. The molecular weight excluding hydrogens is 491 g/mol. The summed E-state index contributed by atoms with van der Waals surface area (Å²) in [6.45, 7) is 7.19. The number of oxazole rings is 1. The van der Waals surface area contributed by atoms with Crippen LogP contribution in [0.3, 0.4) is 0 Å². The van der Waals surface area contributed by atoms with E-state index in [1.807, 2.05) is 42.5 Å². The average Bonchev–Trinajstić information content (AvgIpc) is 3.40. The van der Waals surface area contributed by atoms with Crippen LogP contribution in [0, 0.1) is 17.2 Å². The van der Waals surface area contributed by atoms with E-state index in [-0.39, 0.29) is 11.8 Å². The molecule has 6 nitrogen and oxygen atoms in total. The van der Waals surface area contributed by atoms with Crippen molar-refractivity contribution in [3.05, 3.63) is 88.5 Å². The van der Waals surface area contributed by atoms with Crippen LogP contribution in [0.15, 0.2) is 65.1 Å². The Morgan fingerprint density at radius 1 is 1.10 bits per heavy atom. The van der Waals surface area contributed by atoms with Crippen molar-refractivity contribution in [3.63, 3.8) is 0 Å². The Hall–Kier alpha value is -4.02. The summed E-state index contributed by atoms with van der Waals surface area (Å²) in [5.74, 6) is 1.03. The maximum absolute atomic E-state index is 12.8. The number of alkyl halides is 1. The second-order valence-electron chi connectivity index (χ2n) is 10.7. The fraction of sp³-hybridized carbons (Fsp3) is 0.344. The fourth-order valence-electron chi connectivity index (χ4n) is 5.12. The Labute approximate surface area is 228 Å². The van der Waals surface area contributed by atoms with E-state index in [9.17, 15) is 14.4 Å². The number of fused-ring (bicyclic) bond motifs is 1. The zero-order valence-corrected chi connectivity index (χ0v) is 22.4. The molecule has 2 heterocycles. The molecule has 1 aromatic heterocycles. The van der Waals surface area contributed by atoms with Crippen molar-refractivity contribution >= 4 is 17.0 Å². The zero-order valence-electron chi connectivity index (χ0n) is 22.4. The first-order valence-electron chi connectivity index (χ1n) is 13.5. The van der Waals surface area contributed by atoms with Gasteiger partial charge in [-0.1, -0.05) is 38.1 Å². The highest BCUT2D eigenvalue weighted by Gasteiger charge is 2.21. The van der Waals surface area contributed by atoms with Crippen LogP contribution in [0.2, 0.25) is 0 Å². The highest BCUT2D eigenvalue weighted by atomic mass is 19.1. The second-order valence-corrected chi connectivity index (χ2v) is 10.7. The molecule has 7 heteroatoms. The Bertz CT molecular complexity index is 1480. The topological polar surface area (TPSA) is 82.2 Å². The summed E-state index contributed by atoms with van der Waals surface area (Å²) in [6.07, 6.45) is 2.07. The summed E-state index contributed by atoms with van der Waals surface area (Å²) in [5, 5.41) is 12.5. The fourth-order valence-corrected chi connectivity index (χ4v) is 5.12. The lowest BCUT2D eigenvalue weighted by atomic mass is 9.96. The van der Waals surface area contributed by atoms with Crippen LogP contribution in [0.4, 0.5) is 4.39 Å². The van der Waals surface area contributed by atoms with E-state index in [4.69, 9.17) is 4.42 Å². The van der Waals surface area contributed by atoms with Gasteiger partial charge in [0.1, 0.15) is 12.2 Å². The van der Waals surface area contributed by atoms with E-state index < -0.39 is 6.67 Å². The van der Waals surface area contributed by atoms with Crippen molar-refractivity contribution in [1.82, 2.24) is 15.2 Å². The van der Waals surface area contributed by atoms with Crippen LogP contribution in [-0.2, 0) is 13.2 Å². The molecule has 0 unspecified atom stereocenters. The number of aromatic nitrogens is 1. The number of halogens is 1. The highest BCUT2D eigenvalue weighted by molar-refractivity contribution is 5.94. The van der Waals surface area contributed by atoms with Gasteiger partial charge in [-0.3, -0.25) is 9.69 Å². The van der Waals surface area contributed by atoms with Gasteiger partial charge in [0.05, 0.1) is 11.6 Å². The lowest BCUT2D eigenvalue weighted by Crippen LogP contribution is -2.38. The number of amides is 1. The van der Waals surface area contributed by atoms with Gasteiger partial charge >= 0.3 is 0 Å². The van der Waals surface area contributed by atoms with Gasteiger partial charge < -0.3 is 9.73 Å². The molecule has 0 aliphatic carbocycles. The summed E-state index contributed by atoms with van der Waals surface area (Å²) in [7, 11) is 0. The van der Waals surface area contributed by atoms with E-state index in [1.54, 1.807) is 18.2 Å². The highest BCUT2D eigenvalue weighted by Crippen LogP contribution is 2.31. The first kappa shape index (κ1) is 26.6. The number of likely N-dealkylation sites (tertiary alicyclic amines) is 1. The van der Waals surface area contributed by atoms with Crippen molar-refractivity contribution < 1.29 is 13.6 Å². The molecule has 1 amide bonds. The minimum absolute atomic E-state index is 0.0877. The molecule has 200 valence electrons. The van der Waals surface area contributed by atoms with Gasteiger partial charge in [0.15, 0.2) is 5.58 Å². The molecule has 0 saturated carbocycles. The summed E-state index contributed by atoms with van der Waals surface area (Å²) < 4.78 is 18.8. The third-order valence-electron chi connectivity index (χ3n) is 7.51. The normalized spacial score (nSPS) is 14.5. The molecule has 5 rings (SSSR count). The van der Waals surface area contributed by atoms with Gasteiger partial charge in [0.2, 0.25) is 5.89 Å². The number of benzene rings is 3. The number of carbonyl (C=O) groups is 1. The van der Waals surface area contributed by atoms with E-state index in [2.05, 4.69) is 35.1 Å². The SMILES string of the molecule is CC(C)c1cc(C#N)cc2nc(-c3ccc(C(=O)NCC4CCN(Cc5ccc(CF)cc5)CC4)cc3)oc12. The van der Waals surface area contributed by atoms with Gasteiger partial charge in [0, 0.05) is 29.8 Å². The standard InChI is InChI=1S/C32H33FN4O2/c1-21(2)28-15-25(18-34)16-29-30(28)39-32(36-29)27-9-7-26(8-10-27)31(38)35-19-23-11-13-37(14-12-23)20-24-5-3-22(17-33)4-6-24/h3-10,15-16,21,23H,11-14,17,19-20H2,1-2H3,(H,35,38). The molecule has 39 heavy (non-hydrogen) atoms. The van der Waals surface area contributed by atoms with Crippen molar-refractivity contribution in [2.45, 2.75) is 45.8 Å². The van der Waals surface area contributed by atoms with Crippen LogP contribution in [-0.4, -0.2) is 35.4 Å². The van der Waals surface area contributed by atoms with E-state index in [1.165, 1.54) is 5.56 Å². The van der Waals surface area contributed by atoms with Crippen LogP contribution in [0.25, 0.3) is 22.6 Å². The molecular formula is C32H33FN4O2. The Morgan fingerprint density at radius 2 is 1.79 bits per heavy atom. The minimum atomic E-state index is -0.426. The van der Waals surface area contributed by atoms with Gasteiger partial charge in [-0.2, -0.15) is 5.26 Å². The average molecular weight is 525 g/mol. The van der Waals surface area contributed by atoms with Crippen LogP contribution in [0.1, 0.15) is 65.2 Å². The van der Waals surface area contributed by atoms with Crippen molar-refractivity contribution in [3.8, 4) is 17.5 Å². The van der Waals surface area contributed by atoms with Crippen molar-refractivity contribution in [2.75, 3.05) is 19.6 Å². The smallest absolute Gasteiger partial charge is 0.251 e. The lowest BCUT2D eigenvalue weighted by molar-refractivity contribution is 0.0935.